The number of nitrogens with zero attached hydrogens (tertiary/aromatic N) is 2. The molecule has 6 nitrogen and oxygen atoms in total. The lowest BCUT2D eigenvalue weighted by atomic mass is 9.85. The van der Waals surface area contributed by atoms with Crippen molar-refractivity contribution in [1.29, 1.82) is 0 Å². The monoisotopic (exact) mass is 314 g/mol. The van der Waals surface area contributed by atoms with Gasteiger partial charge in [-0.25, -0.2) is 4.98 Å². The standard InChI is InChI=1S/C17H22N4O2/c1-11-18-15(21-20-11)12-5-3-6-13(9-12)16(23)19-14-7-4-8-17(14,2)10-22/h3,5-6,9,14,22H,4,7-8,10H2,1-2H3,(H,19,23)(H,18,20,21). The highest BCUT2D eigenvalue weighted by Crippen LogP contribution is 2.37. The molecule has 2 atom stereocenters. The molecule has 2 unspecified atom stereocenters. The van der Waals surface area contributed by atoms with Gasteiger partial charge in [0.2, 0.25) is 0 Å². The summed E-state index contributed by atoms with van der Waals surface area (Å²) in [6, 6.07) is 7.30. The van der Waals surface area contributed by atoms with Gasteiger partial charge in [0.05, 0.1) is 6.61 Å². The Kier molecular flexibility index (Phi) is 4.17. The number of aliphatic hydroxyl groups excluding tert-OH is 1. The molecule has 1 aliphatic rings. The molecular weight excluding hydrogens is 292 g/mol. The van der Waals surface area contributed by atoms with E-state index in [4.69, 9.17) is 0 Å². The molecule has 23 heavy (non-hydrogen) atoms. The average Bonchev–Trinajstić information content (AvgIpc) is 3.15. The van der Waals surface area contributed by atoms with Crippen LogP contribution in [0.1, 0.15) is 42.4 Å². The van der Waals surface area contributed by atoms with Gasteiger partial charge in [-0.2, -0.15) is 5.10 Å². The maximum atomic E-state index is 12.6. The summed E-state index contributed by atoms with van der Waals surface area (Å²) in [7, 11) is 0. The second-order valence-electron chi connectivity index (χ2n) is 6.56. The van der Waals surface area contributed by atoms with E-state index >= 15 is 0 Å². The third kappa shape index (κ3) is 3.12. The first-order valence-electron chi connectivity index (χ1n) is 7.93. The Bertz CT molecular complexity index is 712. The smallest absolute Gasteiger partial charge is 0.251 e. The van der Waals surface area contributed by atoms with Crippen LogP contribution in [0.2, 0.25) is 0 Å². The number of hydrogen-bond donors (Lipinski definition) is 3. The molecule has 1 fully saturated rings. The zero-order chi connectivity index (χ0) is 16.4. The molecule has 1 aromatic carbocycles. The number of aryl methyl sites for hydroxylation is 1. The molecule has 122 valence electrons. The van der Waals surface area contributed by atoms with E-state index in [0.717, 1.165) is 30.7 Å². The quantitative estimate of drug-likeness (QED) is 0.805. The Morgan fingerprint density at radius 3 is 3.04 bits per heavy atom. The number of hydrogen-bond acceptors (Lipinski definition) is 4. The summed E-state index contributed by atoms with van der Waals surface area (Å²) in [5.41, 5.74) is 1.16. The number of nitrogens with one attached hydrogen (secondary N) is 2. The van der Waals surface area contributed by atoms with Crippen LogP contribution in [0.25, 0.3) is 11.4 Å². The predicted octanol–water partition coefficient (Wildman–Crippen LogP) is 2.06. The molecule has 1 heterocycles. The SMILES string of the molecule is Cc1nc(-c2cccc(C(=O)NC3CCCC3(C)CO)c2)n[nH]1. The fourth-order valence-electron chi connectivity index (χ4n) is 3.18. The van der Waals surface area contributed by atoms with Gasteiger partial charge in [0, 0.05) is 22.6 Å². The fourth-order valence-corrected chi connectivity index (χ4v) is 3.18. The summed E-state index contributed by atoms with van der Waals surface area (Å²) >= 11 is 0. The summed E-state index contributed by atoms with van der Waals surface area (Å²) < 4.78 is 0. The number of rotatable bonds is 4. The molecule has 2 aromatic rings. The van der Waals surface area contributed by atoms with Gasteiger partial charge >= 0.3 is 0 Å². The van der Waals surface area contributed by atoms with Crippen LogP contribution in [0.4, 0.5) is 0 Å². The number of aliphatic hydroxyl groups is 1. The first-order valence-corrected chi connectivity index (χ1v) is 7.93. The molecule has 0 aliphatic heterocycles. The number of amides is 1. The van der Waals surface area contributed by atoms with Crippen molar-refractivity contribution in [3.63, 3.8) is 0 Å². The summed E-state index contributed by atoms with van der Waals surface area (Å²) in [5, 5.41) is 19.6. The predicted molar refractivity (Wildman–Crippen MR) is 86.9 cm³/mol. The molecular formula is C17H22N4O2. The highest BCUT2D eigenvalue weighted by atomic mass is 16.3. The molecule has 0 spiro atoms. The Balaban J connectivity index is 1.78. The van der Waals surface area contributed by atoms with Crippen molar-refractivity contribution in [3.8, 4) is 11.4 Å². The van der Waals surface area contributed by atoms with E-state index in [1.54, 1.807) is 12.1 Å². The van der Waals surface area contributed by atoms with Crippen molar-refractivity contribution in [2.24, 2.45) is 5.41 Å². The van der Waals surface area contributed by atoms with Gasteiger partial charge in [-0.1, -0.05) is 25.5 Å². The summed E-state index contributed by atoms with van der Waals surface area (Å²) in [6.45, 7) is 3.95. The van der Waals surface area contributed by atoms with Gasteiger partial charge in [-0.15, -0.1) is 0 Å². The van der Waals surface area contributed by atoms with Crippen molar-refractivity contribution in [2.45, 2.75) is 39.2 Å². The van der Waals surface area contributed by atoms with Gasteiger partial charge in [0.1, 0.15) is 5.82 Å². The van der Waals surface area contributed by atoms with Crippen LogP contribution in [0.3, 0.4) is 0 Å². The van der Waals surface area contributed by atoms with E-state index in [9.17, 15) is 9.90 Å². The van der Waals surface area contributed by atoms with E-state index < -0.39 is 0 Å². The minimum Gasteiger partial charge on any atom is -0.396 e. The highest BCUT2D eigenvalue weighted by molar-refractivity contribution is 5.95. The molecule has 1 saturated carbocycles. The highest BCUT2D eigenvalue weighted by Gasteiger charge is 2.39. The Labute approximate surface area is 135 Å². The van der Waals surface area contributed by atoms with Crippen LogP contribution in [0.15, 0.2) is 24.3 Å². The van der Waals surface area contributed by atoms with Crippen molar-refractivity contribution in [3.05, 3.63) is 35.7 Å². The van der Waals surface area contributed by atoms with Crippen molar-refractivity contribution < 1.29 is 9.90 Å². The maximum absolute atomic E-state index is 12.6. The number of carbonyl (C=O) groups is 1. The van der Waals surface area contributed by atoms with E-state index in [1.807, 2.05) is 26.0 Å². The molecule has 3 N–H and O–H groups in total. The molecule has 1 aromatic heterocycles. The number of aromatic amines is 1. The van der Waals surface area contributed by atoms with E-state index in [2.05, 4.69) is 20.5 Å². The largest absolute Gasteiger partial charge is 0.396 e. The van der Waals surface area contributed by atoms with Gasteiger partial charge in [-0.05, 0) is 31.9 Å². The normalized spacial score (nSPS) is 23.9. The molecule has 6 heteroatoms. The Morgan fingerprint density at radius 1 is 1.52 bits per heavy atom. The lowest BCUT2D eigenvalue weighted by Gasteiger charge is -2.30. The van der Waals surface area contributed by atoms with Crippen LogP contribution < -0.4 is 5.32 Å². The third-order valence-corrected chi connectivity index (χ3v) is 4.73. The number of aromatic nitrogens is 3. The van der Waals surface area contributed by atoms with Crippen molar-refractivity contribution in [1.82, 2.24) is 20.5 Å². The topological polar surface area (TPSA) is 90.9 Å². The molecule has 0 saturated heterocycles. The van der Waals surface area contributed by atoms with Gasteiger partial charge < -0.3 is 10.4 Å². The number of H-pyrrole nitrogens is 1. The van der Waals surface area contributed by atoms with Crippen LogP contribution in [-0.4, -0.2) is 38.8 Å². The summed E-state index contributed by atoms with van der Waals surface area (Å²) in [4.78, 5) is 16.8. The van der Waals surface area contributed by atoms with Crippen LogP contribution in [-0.2, 0) is 0 Å². The zero-order valence-electron chi connectivity index (χ0n) is 13.5. The van der Waals surface area contributed by atoms with E-state index in [0.29, 0.717) is 11.4 Å². The minimum absolute atomic E-state index is 0.00871. The maximum Gasteiger partial charge on any atom is 0.251 e. The second-order valence-corrected chi connectivity index (χ2v) is 6.56. The van der Waals surface area contributed by atoms with Crippen LogP contribution in [0, 0.1) is 12.3 Å². The summed E-state index contributed by atoms with van der Waals surface area (Å²) in [5.74, 6) is 1.20. The second kappa shape index (κ2) is 6.12. The Morgan fingerprint density at radius 2 is 2.35 bits per heavy atom. The van der Waals surface area contributed by atoms with E-state index in [-0.39, 0.29) is 24.0 Å². The first kappa shape index (κ1) is 15.7. The number of benzene rings is 1. The van der Waals surface area contributed by atoms with E-state index in [1.165, 1.54) is 0 Å². The molecule has 0 radical (unpaired) electrons. The van der Waals surface area contributed by atoms with Crippen molar-refractivity contribution >= 4 is 5.91 Å². The average molecular weight is 314 g/mol. The lowest BCUT2D eigenvalue weighted by Crippen LogP contribution is -2.44. The lowest BCUT2D eigenvalue weighted by molar-refractivity contribution is 0.0830. The van der Waals surface area contributed by atoms with Gasteiger partial charge in [0.15, 0.2) is 5.82 Å². The molecule has 0 bridgehead atoms. The summed E-state index contributed by atoms with van der Waals surface area (Å²) in [6.07, 6.45) is 2.87. The molecule has 1 amide bonds. The third-order valence-electron chi connectivity index (χ3n) is 4.73. The molecule has 3 rings (SSSR count). The first-order chi connectivity index (χ1) is 11.0. The minimum atomic E-state index is -0.228. The zero-order valence-corrected chi connectivity index (χ0v) is 13.5. The molecule has 1 aliphatic carbocycles. The Hall–Kier alpha value is -2.21. The van der Waals surface area contributed by atoms with Crippen LogP contribution in [0.5, 0.6) is 0 Å². The number of carbonyl (C=O) groups excluding carboxylic acids is 1. The van der Waals surface area contributed by atoms with Gasteiger partial charge in [-0.3, -0.25) is 9.89 Å². The van der Waals surface area contributed by atoms with Crippen molar-refractivity contribution in [2.75, 3.05) is 6.61 Å². The van der Waals surface area contributed by atoms with Gasteiger partial charge in [0.25, 0.3) is 5.91 Å². The van der Waals surface area contributed by atoms with Crippen LogP contribution >= 0.6 is 0 Å². The fraction of sp³-hybridized carbons (Fsp3) is 0.471.